The summed E-state index contributed by atoms with van der Waals surface area (Å²) in [6.45, 7) is 4.06. The number of nitrogens with one attached hydrogen (secondary N) is 2. The van der Waals surface area contributed by atoms with Gasteiger partial charge in [0, 0.05) is 22.7 Å². The van der Waals surface area contributed by atoms with Crippen molar-refractivity contribution in [2.45, 2.75) is 45.6 Å². The molecule has 4 rings (SSSR count). The van der Waals surface area contributed by atoms with Gasteiger partial charge in [-0.3, -0.25) is 9.59 Å². The van der Waals surface area contributed by atoms with Gasteiger partial charge in [0.15, 0.2) is 0 Å². The van der Waals surface area contributed by atoms with E-state index in [1.807, 2.05) is 44.2 Å². The van der Waals surface area contributed by atoms with Crippen LogP contribution in [0.4, 0.5) is 5.69 Å². The normalized spacial score (nSPS) is 13.5. The van der Waals surface area contributed by atoms with Crippen molar-refractivity contribution in [2.75, 3.05) is 5.32 Å². The predicted octanol–water partition coefficient (Wildman–Crippen LogP) is 4.05. The molecular weight excluding hydrogens is 352 g/mol. The Morgan fingerprint density at radius 3 is 2.50 bits per heavy atom. The van der Waals surface area contributed by atoms with E-state index in [0.717, 1.165) is 51.8 Å². The Labute approximate surface area is 164 Å². The van der Waals surface area contributed by atoms with Crippen LogP contribution in [-0.2, 0) is 22.4 Å². The topological polar surface area (TPSA) is 71.3 Å². The summed E-state index contributed by atoms with van der Waals surface area (Å²) in [5.41, 5.74) is 5.61. The molecule has 3 aromatic rings. The summed E-state index contributed by atoms with van der Waals surface area (Å²) in [4.78, 5) is 24.3. The lowest BCUT2D eigenvalue weighted by Crippen LogP contribution is -2.26. The minimum atomic E-state index is -0.0955. The van der Waals surface area contributed by atoms with Crippen LogP contribution in [0.15, 0.2) is 47.1 Å². The van der Waals surface area contributed by atoms with Gasteiger partial charge in [-0.15, -0.1) is 0 Å². The largest absolute Gasteiger partial charge is 0.464 e. The number of anilines is 1. The second-order valence-corrected chi connectivity index (χ2v) is 7.66. The molecule has 2 N–H and O–H groups in total. The Bertz CT molecular complexity index is 1030. The Balaban J connectivity index is 1.38. The number of benzene rings is 2. The highest BCUT2D eigenvalue weighted by atomic mass is 16.3. The fourth-order valence-corrected chi connectivity index (χ4v) is 3.53. The third kappa shape index (κ3) is 4.25. The van der Waals surface area contributed by atoms with Crippen molar-refractivity contribution in [3.05, 3.63) is 64.9 Å². The van der Waals surface area contributed by atoms with E-state index in [1.54, 1.807) is 6.26 Å². The quantitative estimate of drug-likeness (QED) is 0.682. The fourth-order valence-electron chi connectivity index (χ4n) is 3.53. The monoisotopic (exact) mass is 376 g/mol. The van der Waals surface area contributed by atoms with Crippen molar-refractivity contribution in [1.82, 2.24) is 5.32 Å². The van der Waals surface area contributed by atoms with E-state index in [4.69, 9.17) is 4.42 Å². The molecule has 1 saturated carbocycles. The average molecular weight is 376 g/mol. The lowest BCUT2D eigenvalue weighted by molar-refractivity contribution is -0.120. The lowest BCUT2D eigenvalue weighted by Gasteiger charge is -2.07. The van der Waals surface area contributed by atoms with Crippen molar-refractivity contribution < 1.29 is 14.0 Å². The first kappa shape index (κ1) is 18.3. The molecule has 1 heterocycles. The predicted molar refractivity (Wildman–Crippen MR) is 109 cm³/mol. The second kappa shape index (κ2) is 7.50. The minimum Gasteiger partial charge on any atom is -0.464 e. The second-order valence-electron chi connectivity index (χ2n) is 7.66. The zero-order chi connectivity index (χ0) is 19.7. The molecule has 28 heavy (non-hydrogen) atoms. The summed E-state index contributed by atoms with van der Waals surface area (Å²) in [6, 6.07) is 11.9. The van der Waals surface area contributed by atoms with Crippen LogP contribution in [0.3, 0.4) is 0 Å². The first-order chi connectivity index (χ1) is 13.5. The van der Waals surface area contributed by atoms with Gasteiger partial charge in [0.1, 0.15) is 5.58 Å². The standard InChI is InChI=1S/C23H24N2O3/c1-14-9-15(2)23-17(13-28-20(23)10-14)12-22(27)25-18-5-3-16(4-6-18)11-21(26)24-19-7-8-19/h3-6,9-10,13,19H,7-8,11-12H2,1-2H3,(H,24,26)(H,25,27). The molecule has 0 aliphatic heterocycles. The van der Waals surface area contributed by atoms with Crippen LogP contribution >= 0.6 is 0 Å². The number of carbonyl (C=O) groups is 2. The molecule has 5 nitrogen and oxygen atoms in total. The maximum absolute atomic E-state index is 12.5. The highest BCUT2D eigenvalue weighted by Crippen LogP contribution is 2.27. The number of amides is 2. The van der Waals surface area contributed by atoms with Gasteiger partial charge in [-0.25, -0.2) is 0 Å². The summed E-state index contributed by atoms with van der Waals surface area (Å²) in [5.74, 6) is -0.0429. The molecule has 0 radical (unpaired) electrons. The van der Waals surface area contributed by atoms with Crippen LogP contribution < -0.4 is 10.6 Å². The molecule has 0 bridgehead atoms. The van der Waals surface area contributed by atoms with Gasteiger partial charge in [-0.1, -0.05) is 18.2 Å². The first-order valence-electron chi connectivity index (χ1n) is 9.63. The van der Waals surface area contributed by atoms with Crippen LogP contribution in [0.1, 0.15) is 35.1 Å². The summed E-state index contributed by atoms with van der Waals surface area (Å²) in [6.07, 6.45) is 4.45. The van der Waals surface area contributed by atoms with Crippen LogP contribution in [0, 0.1) is 13.8 Å². The minimum absolute atomic E-state index is 0.0525. The Morgan fingerprint density at radius 1 is 1.04 bits per heavy atom. The maximum Gasteiger partial charge on any atom is 0.228 e. The van der Waals surface area contributed by atoms with E-state index in [2.05, 4.69) is 16.7 Å². The summed E-state index contributed by atoms with van der Waals surface area (Å²) in [5, 5.41) is 6.91. The molecular formula is C23H24N2O3. The zero-order valence-corrected chi connectivity index (χ0v) is 16.2. The molecule has 0 atom stereocenters. The first-order valence-corrected chi connectivity index (χ1v) is 9.63. The fraction of sp³-hybridized carbons (Fsp3) is 0.304. The smallest absolute Gasteiger partial charge is 0.228 e. The molecule has 2 amide bonds. The lowest BCUT2D eigenvalue weighted by atomic mass is 10.0. The molecule has 2 aromatic carbocycles. The average Bonchev–Trinajstić information content (AvgIpc) is 3.35. The number of rotatable bonds is 6. The Hall–Kier alpha value is -3.08. The number of fused-ring (bicyclic) bond motifs is 1. The van der Waals surface area contributed by atoms with Crippen LogP contribution in [0.25, 0.3) is 11.0 Å². The number of aryl methyl sites for hydroxylation is 2. The van der Waals surface area contributed by atoms with Crippen molar-refractivity contribution >= 4 is 28.5 Å². The number of hydrogen-bond acceptors (Lipinski definition) is 3. The van der Waals surface area contributed by atoms with Gasteiger partial charge >= 0.3 is 0 Å². The van der Waals surface area contributed by atoms with Crippen molar-refractivity contribution in [3.63, 3.8) is 0 Å². The van der Waals surface area contributed by atoms with Gasteiger partial charge in [-0.2, -0.15) is 0 Å². The van der Waals surface area contributed by atoms with Crippen LogP contribution in [-0.4, -0.2) is 17.9 Å². The highest BCUT2D eigenvalue weighted by Gasteiger charge is 2.23. The van der Waals surface area contributed by atoms with E-state index in [9.17, 15) is 9.59 Å². The van der Waals surface area contributed by atoms with Crippen molar-refractivity contribution in [2.24, 2.45) is 0 Å². The molecule has 1 aliphatic rings. The van der Waals surface area contributed by atoms with Gasteiger partial charge in [0.05, 0.1) is 19.1 Å². The maximum atomic E-state index is 12.5. The molecule has 1 aliphatic carbocycles. The van der Waals surface area contributed by atoms with E-state index >= 15 is 0 Å². The van der Waals surface area contributed by atoms with Crippen LogP contribution in [0.2, 0.25) is 0 Å². The van der Waals surface area contributed by atoms with Gasteiger partial charge < -0.3 is 15.1 Å². The van der Waals surface area contributed by atoms with E-state index in [-0.39, 0.29) is 18.2 Å². The number of hydrogen-bond donors (Lipinski definition) is 2. The van der Waals surface area contributed by atoms with Crippen LogP contribution in [0.5, 0.6) is 0 Å². The number of furan rings is 1. The van der Waals surface area contributed by atoms with E-state index in [0.29, 0.717) is 12.5 Å². The van der Waals surface area contributed by atoms with E-state index in [1.165, 1.54) is 0 Å². The van der Waals surface area contributed by atoms with Gasteiger partial charge in [0.2, 0.25) is 11.8 Å². The van der Waals surface area contributed by atoms with E-state index < -0.39 is 0 Å². The third-order valence-corrected chi connectivity index (χ3v) is 4.99. The third-order valence-electron chi connectivity index (χ3n) is 4.99. The summed E-state index contributed by atoms with van der Waals surface area (Å²) >= 11 is 0. The van der Waals surface area contributed by atoms with Gasteiger partial charge in [-0.05, 0) is 61.6 Å². The molecule has 0 unspecified atom stereocenters. The van der Waals surface area contributed by atoms with Crippen molar-refractivity contribution in [1.29, 1.82) is 0 Å². The molecule has 5 heteroatoms. The summed E-state index contributed by atoms with van der Waals surface area (Å²) in [7, 11) is 0. The molecule has 0 saturated heterocycles. The molecule has 1 aromatic heterocycles. The molecule has 144 valence electrons. The summed E-state index contributed by atoms with van der Waals surface area (Å²) < 4.78 is 5.63. The van der Waals surface area contributed by atoms with Gasteiger partial charge in [0.25, 0.3) is 0 Å². The number of carbonyl (C=O) groups excluding carboxylic acids is 2. The molecule has 0 spiro atoms. The Morgan fingerprint density at radius 2 is 1.79 bits per heavy atom. The molecule has 1 fully saturated rings. The van der Waals surface area contributed by atoms with Crippen molar-refractivity contribution in [3.8, 4) is 0 Å². The zero-order valence-electron chi connectivity index (χ0n) is 16.2. The Kier molecular flexibility index (Phi) is 4.90. The SMILES string of the molecule is Cc1cc(C)c2c(CC(=O)Nc3ccc(CC(=O)NC4CC4)cc3)coc2c1. The highest BCUT2D eigenvalue weighted by molar-refractivity contribution is 5.96.